The van der Waals surface area contributed by atoms with Crippen molar-refractivity contribution in [3.8, 4) is 0 Å². The third kappa shape index (κ3) is 1.65. The highest BCUT2D eigenvalue weighted by atomic mass is 16.4. The van der Waals surface area contributed by atoms with Crippen molar-refractivity contribution in [2.75, 3.05) is 0 Å². The van der Waals surface area contributed by atoms with Gasteiger partial charge in [-0.1, -0.05) is 37.3 Å². The van der Waals surface area contributed by atoms with Gasteiger partial charge in [-0.2, -0.15) is 0 Å². The highest BCUT2D eigenvalue weighted by Crippen LogP contribution is 2.61. The van der Waals surface area contributed by atoms with Gasteiger partial charge in [0.1, 0.15) is 0 Å². The van der Waals surface area contributed by atoms with Crippen LogP contribution in [0.2, 0.25) is 0 Å². The standard InChI is InChI=1S/C12H14O2/c1-12(8-11(13)14)7-10(12)9-5-3-2-4-6-9/h2-6,10H,7-8H2,1H3,(H,13,14)/t10-,12-/m0/s1. The first-order valence-corrected chi connectivity index (χ1v) is 4.88. The van der Waals surface area contributed by atoms with Crippen LogP contribution in [0.5, 0.6) is 0 Å². The number of hydrogen-bond acceptors (Lipinski definition) is 1. The van der Waals surface area contributed by atoms with Gasteiger partial charge >= 0.3 is 5.97 Å². The highest BCUT2D eigenvalue weighted by molar-refractivity contribution is 5.68. The largest absolute Gasteiger partial charge is 0.481 e. The van der Waals surface area contributed by atoms with Gasteiger partial charge in [0, 0.05) is 0 Å². The number of hydrogen-bond donors (Lipinski definition) is 1. The summed E-state index contributed by atoms with van der Waals surface area (Å²) in [5, 5.41) is 8.75. The maximum atomic E-state index is 10.6. The van der Waals surface area contributed by atoms with E-state index in [1.165, 1.54) is 5.56 Å². The van der Waals surface area contributed by atoms with Gasteiger partial charge in [-0.25, -0.2) is 0 Å². The van der Waals surface area contributed by atoms with Crippen LogP contribution in [-0.4, -0.2) is 11.1 Å². The van der Waals surface area contributed by atoms with Crippen LogP contribution in [0, 0.1) is 5.41 Å². The molecule has 0 radical (unpaired) electrons. The topological polar surface area (TPSA) is 37.3 Å². The van der Waals surface area contributed by atoms with Crippen LogP contribution in [0.3, 0.4) is 0 Å². The number of carboxylic acids is 1. The van der Waals surface area contributed by atoms with Crippen molar-refractivity contribution < 1.29 is 9.90 Å². The molecule has 0 aliphatic heterocycles. The molecule has 0 heterocycles. The molecular formula is C12H14O2. The maximum Gasteiger partial charge on any atom is 0.303 e. The first-order chi connectivity index (χ1) is 6.62. The van der Waals surface area contributed by atoms with E-state index in [-0.39, 0.29) is 11.8 Å². The van der Waals surface area contributed by atoms with Gasteiger partial charge in [-0.3, -0.25) is 4.79 Å². The van der Waals surface area contributed by atoms with Crippen molar-refractivity contribution in [2.45, 2.75) is 25.7 Å². The molecule has 0 bridgehead atoms. The van der Waals surface area contributed by atoms with Gasteiger partial charge < -0.3 is 5.11 Å². The Bertz CT molecular complexity index is 345. The lowest BCUT2D eigenvalue weighted by atomic mass is 9.98. The average Bonchev–Trinajstić information content (AvgIpc) is 2.77. The van der Waals surface area contributed by atoms with Crippen LogP contribution in [0.25, 0.3) is 0 Å². The molecule has 2 atom stereocenters. The zero-order valence-electron chi connectivity index (χ0n) is 8.23. The fourth-order valence-electron chi connectivity index (χ4n) is 2.15. The Labute approximate surface area is 83.6 Å². The second-order valence-electron chi connectivity index (χ2n) is 4.39. The van der Waals surface area contributed by atoms with Gasteiger partial charge in [0.05, 0.1) is 6.42 Å². The second kappa shape index (κ2) is 3.12. The summed E-state index contributed by atoms with van der Waals surface area (Å²) in [5.41, 5.74) is 1.27. The van der Waals surface area contributed by atoms with E-state index in [2.05, 4.69) is 19.1 Å². The third-order valence-electron chi connectivity index (χ3n) is 3.11. The summed E-state index contributed by atoms with van der Waals surface area (Å²) in [6, 6.07) is 10.2. The molecule has 1 N–H and O–H groups in total. The average molecular weight is 190 g/mol. The van der Waals surface area contributed by atoms with E-state index in [4.69, 9.17) is 5.11 Å². The summed E-state index contributed by atoms with van der Waals surface area (Å²) in [7, 11) is 0. The third-order valence-corrected chi connectivity index (χ3v) is 3.11. The Morgan fingerprint density at radius 3 is 2.71 bits per heavy atom. The minimum atomic E-state index is -0.689. The van der Waals surface area contributed by atoms with Crippen molar-refractivity contribution in [2.24, 2.45) is 5.41 Å². The molecule has 14 heavy (non-hydrogen) atoms. The number of carboxylic acid groups (broad SMARTS) is 1. The van der Waals surface area contributed by atoms with Gasteiger partial charge in [0.2, 0.25) is 0 Å². The van der Waals surface area contributed by atoms with Crippen LogP contribution >= 0.6 is 0 Å². The summed E-state index contributed by atoms with van der Waals surface area (Å²) >= 11 is 0. The molecule has 2 rings (SSSR count). The van der Waals surface area contributed by atoms with Gasteiger partial charge in [0.25, 0.3) is 0 Å². The summed E-state index contributed by atoms with van der Waals surface area (Å²) < 4.78 is 0. The lowest BCUT2D eigenvalue weighted by Crippen LogP contribution is -2.06. The SMILES string of the molecule is C[C@@]1(CC(=O)O)C[C@H]1c1ccccc1. The lowest BCUT2D eigenvalue weighted by molar-refractivity contribution is -0.138. The molecule has 0 spiro atoms. The Balaban J connectivity index is 2.08. The fourth-order valence-corrected chi connectivity index (χ4v) is 2.15. The van der Waals surface area contributed by atoms with Crippen LogP contribution in [0.1, 0.15) is 31.2 Å². The quantitative estimate of drug-likeness (QED) is 0.795. The summed E-state index contributed by atoms with van der Waals surface area (Å²) in [5.74, 6) is -0.245. The predicted octanol–water partition coefficient (Wildman–Crippen LogP) is 2.65. The Morgan fingerprint density at radius 1 is 1.50 bits per heavy atom. The predicted molar refractivity (Wildman–Crippen MR) is 54.2 cm³/mol. The maximum absolute atomic E-state index is 10.6. The lowest BCUT2D eigenvalue weighted by Gasteiger charge is -2.07. The molecule has 0 saturated heterocycles. The van der Waals surface area contributed by atoms with Crippen LogP contribution in [0.15, 0.2) is 30.3 Å². The molecule has 1 fully saturated rings. The number of aliphatic carboxylic acids is 1. The van der Waals surface area contributed by atoms with Gasteiger partial charge in [0.15, 0.2) is 0 Å². The summed E-state index contributed by atoms with van der Waals surface area (Å²) in [6.07, 6.45) is 1.29. The van der Waals surface area contributed by atoms with Gasteiger partial charge in [-0.05, 0) is 23.3 Å². The summed E-state index contributed by atoms with van der Waals surface area (Å²) in [6.45, 7) is 2.05. The van der Waals surface area contributed by atoms with Crippen molar-refractivity contribution in [1.82, 2.24) is 0 Å². The monoisotopic (exact) mass is 190 g/mol. The molecule has 0 unspecified atom stereocenters. The molecule has 2 heteroatoms. The van der Waals surface area contributed by atoms with Crippen LogP contribution in [0.4, 0.5) is 0 Å². The van der Waals surface area contributed by atoms with E-state index in [1.54, 1.807) is 0 Å². The molecule has 74 valence electrons. The molecule has 1 saturated carbocycles. The van der Waals surface area contributed by atoms with E-state index in [9.17, 15) is 4.79 Å². The van der Waals surface area contributed by atoms with E-state index in [0.29, 0.717) is 5.92 Å². The smallest absolute Gasteiger partial charge is 0.303 e. The van der Waals surface area contributed by atoms with Crippen LogP contribution < -0.4 is 0 Å². The van der Waals surface area contributed by atoms with E-state index in [1.807, 2.05) is 18.2 Å². The molecule has 2 nitrogen and oxygen atoms in total. The molecule has 1 aliphatic carbocycles. The Kier molecular flexibility index (Phi) is 2.06. The molecule has 1 aromatic carbocycles. The first-order valence-electron chi connectivity index (χ1n) is 4.88. The first kappa shape index (κ1) is 9.25. The van der Waals surface area contributed by atoms with Crippen molar-refractivity contribution >= 4 is 5.97 Å². The number of benzene rings is 1. The Hall–Kier alpha value is -1.31. The highest BCUT2D eigenvalue weighted by Gasteiger charge is 2.51. The zero-order chi connectivity index (χ0) is 10.2. The number of carbonyl (C=O) groups is 1. The van der Waals surface area contributed by atoms with Crippen molar-refractivity contribution in [1.29, 1.82) is 0 Å². The van der Waals surface area contributed by atoms with Crippen molar-refractivity contribution in [3.63, 3.8) is 0 Å². The molecule has 1 aromatic rings. The fraction of sp³-hybridized carbons (Fsp3) is 0.417. The molecule has 1 aliphatic rings. The minimum absolute atomic E-state index is 0.00676. The normalized spacial score (nSPS) is 29.9. The summed E-state index contributed by atoms with van der Waals surface area (Å²) in [4.78, 5) is 10.6. The molecule has 0 amide bonds. The van der Waals surface area contributed by atoms with Crippen molar-refractivity contribution in [3.05, 3.63) is 35.9 Å². The molecule has 0 aromatic heterocycles. The minimum Gasteiger partial charge on any atom is -0.481 e. The molecular weight excluding hydrogens is 176 g/mol. The Morgan fingerprint density at radius 2 is 2.14 bits per heavy atom. The van der Waals surface area contributed by atoms with E-state index >= 15 is 0 Å². The number of rotatable bonds is 3. The zero-order valence-corrected chi connectivity index (χ0v) is 8.23. The second-order valence-corrected chi connectivity index (χ2v) is 4.39. The van der Waals surface area contributed by atoms with E-state index in [0.717, 1.165) is 6.42 Å². The van der Waals surface area contributed by atoms with E-state index < -0.39 is 5.97 Å². The van der Waals surface area contributed by atoms with Crippen LogP contribution in [-0.2, 0) is 4.79 Å². The van der Waals surface area contributed by atoms with Gasteiger partial charge in [-0.15, -0.1) is 0 Å².